The minimum absolute atomic E-state index is 0.0338. The van der Waals surface area contributed by atoms with Crippen LogP contribution >= 0.6 is 0 Å². The van der Waals surface area contributed by atoms with Crippen LogP contribution in [0.3, 0.4) is 0 Å². The highest BCUT2D eigenvalue weighted by Crippen LogP contribution is 2.32. The number of nitrogens with zero attached hydrogens (tertiary/aromatic N) is 1. The zero-order valence-corrected chi connectivity index (χ0v) is 16.2. The number of nitrogens with one attached hydrogen (secondary N) is 2. The van der Waals surface area contributed by atoms with Crippen LogP contribution in [0.15, 0.2) is 54.6 Å². The van der Waals surface area contributed by atoms with Crippen molar-refractivity contribution in [3.8, 4) is 0 Å². The van der Waals surface area contributed by atoms with Gasteiger partial charge in [0.25, 0.3) is 0 Å². The molecule has 1 atom stereocenters. The van der Waals surface area contributed by atoms with E-state index < -0.39 is 5.97 Å². The quantitative estimate of drug-likeness (QED) is 0.604. The molecule has 3 N–H and O–H groups in total. The van der Waals surface area contributed by atoms with Gasteiger partial charge in [-0.1, -0.05) is 48.5 Å². The fourth-order valence-corrected chi connectivity index (χ4v) is 4.24. The third kappa shape index (κ3) is 4.26. The molecule has 1 heterocycles. The van der Waals surface area contributed by atoms with E-state index in [4.69, 9.17) is 0 Å². The van der Waals surface area contributed by atoms with E-state index in [0.29, 0.717) is 13.0 Å². The minimum atomic E-state index is -0.841. The first-order valence-corrected chi connectivity index (χ1v) is 10.0. The molecule has 6 nitrogen and oxygen atoms in total. The molecule has 1 aliphatic rings. The Morgan fingerprint density at radius 3 is 2.62 bits per heavy atom. The number of rotatable bonds is 6. The third-order valence-corrected chi connectivity index (χ3v) is 5.54. The van der Waals surface area contributed by atoms with Gasteiger partial charge in [-0.15, -0.1) is 0 Å². The number of hydrogen-bond donors (Lipinski definition) is 3. The molecule has 0 saturated heterocycles. The Labute approximate surface area is 169 Å². The molecule has 0 aliphatic heterocycles. The summed E-state index contributed by atoms with van der Waals surface area (Å²) in [5, 5.41) is 16.4. The van der Waals surface area contributed by atoms with Crippen LogP contribution in [0.1, 0.15) is 23.2 Å². The molecule has 3 aromatic rings. The summed E-state index contributed by atoms with van der Waals surface area (Å²) in [6, 6.07) is 17.9. The Bertz CT molecular complexity index is 1030. The monoisotopic (exact) mass is 391 g/mol. The lowest BCUT2D eigenvalue weighted by Crippen LogP contribution is -2.45. The summed E-state index contributed by atoms with van der Waals surface area (Å²) in [7, 11) is 0. The Morgan fingerprint density at radius 2 is 1.83 bits per heavy atom. The second-order valence-electron chi connectivity index (χ2n) is 7.50. The second kappa shape index (κ2) is 8.39. The number of aliphatic carboxylic acids is 1. The maximum atomic E-state index is 12.3. The van der Waals surface area contributed by atoms with Crippen LogP contribution < -0.4 is 10.6 Å². The molecule has 0 saturated carbocycles. The molecule has 0 bridgehead atoms. The van der Waals surface area contributed by atoms with Gasteiger partial charge in [0.05, 0.1) is 0 Å². The van der Waals surface area contributed by atoms with E-state index >= 15 is 0 Å². The van der Waals surface area contributed by atoms with Crippen molar-refractivity contribution in [2.24, 2.45) is 0 Å². The van der Waals surface area contributed by atoms with Crippen LogP contribution in [0.4, 0.5) is 4.79 Å². The van der Waals surface area contributed by atoms with E-state index in [1.165, 1.54) is 5.56 Å². The van der Waals surface area contributed by atoms with E-state index in [2.05, 4.69) is 22.8 Å². The van der Waals surface area contributed by atoms with Crippen LogP contribution in [0, 0.1) is 0 Å². The second-order valence-corrected chi connectivity index (χ2v) is 7.50. The first-order valence-electron chi connectivity index (χ1n) is 10.0. The highest BCUT2D eigenvalue weighted by molar-refractivity contribution is 5.87. The number of fused-ring (bicyclic) bond motifs is 3. The molecule has 4 rings (SSSR count). The van der Waals surface area contributed by atoms with Crippen LogP contribution in [0.25, 0.3) is 10.9 Å². The maximum Gasteiger partial charge on any atom is 0.323 e. The number of urea groups is 1. The standard InChI is InChI=1S/C23H25N3O3/c27-22(28)15-26-20-9-5-4-8-18(20)19-14-17(10-11-21(19)26)25-23(29)24-13-12-16-6-2-1-3-7-16/h1-9,17H,10-15H2,(H,27,28)(H2,24,25,29)/t17-/m0/s1. The molecule has 29 heavy (non-hydrogen) atoms. The Morgan fingerprint density at radius 1 is 1.07 bits per heavy atom. The van der Waals surface area contributed by atoms with Gasteiger partial charge in [-0.2, -0.15) is 0 Å². The van der Waals surface area contributed by atoms with Gasteiger partial charge < -0.3 is 20.3 Å². The number of carbonyl (C=O) groups is 2. The first kappa shape index (κ1) is 19.1. The number of hydrogen-bond acceptors (Lipinski definition) is 2. The number of para-hydroxylation sites is 1. The lowest BCUT2D eigenvalue weighted by Gasteiger charge is -2.25. The lowest BCUT2D eigenvalue weighted by atomic mass is 9.91. The molecule has 2 amide bonds. The number of amides is 2. The largest absolute Gasteiger partial charge is 0.480 e. The molecular formula is C23H25N3O3. The Hall–Kier alpha value is -3.28. The smallest absolute Gasteiger partial charge is 0.323 e. The number of carboxylic acid groups (broad SMARTS) is 1. The summed E-state index contributed by atoms with van der Waals surface area (Å²) < 4.78 is 1.91. The molecule has 1 aromatic heterocycles. The highest BCUT2D eigenvalue weighted by atomic mass is 16.4. The molecule has 150 valence electrons. The Balaban J connectivity index is 1.41. The maximum absolute atomic E-state index is 12.3. The van der Waals surface area contributed by atoms with E-state index in [-0.39, 0.29) is 18.6 Å². The van der Waals surface area contributed by atoms with Gasteiger partial charge in [0.2, 0.25) is 0 Å². The fraction of sp³-hybridized carbons (Fsp3) is 0.304. The molecule has 6 heteroatoms. The van der Waals surface area contributed by atoms with Crippen molar-refractivity contribution < 1.29 is 14.7 Å². The molecule has 0 fully saturated rings. The first-order chi connectivity index (χ1) is 14.1. The van der Waals surface area contributed by atoms with Gasteiger partial charge in [0, 0.05) is 29.2 Å². The van der Waals surface area contributed by atoms with Crippen molar-refractivity contribution in [2.75, 3.05) is 6.54 Å². The van der Waals surface area contributed by atoms with Gasteiger partial charge >= 0.3 is 12.0 Å². The molecule has 0 radical (unpaired) electrons. The lowest BCUT2D eigenvalue weighted by molar-refractivity contribution is -0.137. The summed E-state index contributed by atoms with van der Waals surface area (Å²) in [4.78, 5) is 23.6. The number of carboxylic acids is 1. The molecule has 1 aliphatic carbocycles. The summed E-state index contributed by atoms with van der Waals surface area (Å²) in [5.41, 5.74) is 4.38. The topological polar surface area (TPSA) is 83.4 Å². The number of carbonyl (C=O) groups excluding carboxylic acids is 1. The average Bonchev–Trinajstić information content (AvgIpc) is 3.02. The van der Waals surface area contributed by atoms with Crippen molar-refractivity contribution >= 4 is 22.9 Å². The van der Waals surface area contributed by atoms with Crippen LogP contribution in [0.5, 0.6) is 0 Å². The van der Waals surface area contributed by atoms with Gasteiger partial charge in [0.15, 0.2) is 0 Å². The summed E-state index contributed by atoms with van der Waals surface area (Å²) in [6.45, 7) is 0.555. The summed E-state index contributed by atoms with van der Waals surface area (Å²) in [5.74, 6) is -0.841. The minimum Gasteiger partial charge on any atom is -0.480 e. The predicted octanol–water partition coefficient (Wildman–Crippen LogP) is 3.13. The molecule has 2 aromatic carbocycles. The van der Waals surface area contributed by atoms with Crippen molar-refractivity contribution in [1.82, 2.24) is 15.2 Å². The number of benzene rings is 2. The number of aromatic nitrogens is 1. The van der Waals surface area contributed by atoms with Gasteiger partial charge in [-0.3, -0.25) is 4.79 Å². The SMILES string of the molecule is O=C(O)Cn1c2c(c3ccccc31)C[C@@H](NC(=O)NCCc1ccccc1)CC2. The van der Waals surface area contributed by atoms with Crippen LogP contribution in [-0.2, 0) is 30.6 Å². The van der Waals surface area contributed by atoms with Crippen LogP contribution in [0.2, 0.25) is 0 Å². The summed E-state index contributed by atoms with van der Waals surface area (Å²) in [6.07, 6.45) is 3.07. The molecular weight excluding hydrogens is 366 g/mol. The van der Waals surface area contributed by atoms with E-state index in [0.717, 1.165) is 41.4 Å². The van der Waals surface area contributed by atoms with E-state index in [1.807, 2.05) is 47.0 Å². The average molecular weight is 391 g/mol. The van der Waals surface area contributed by atoms with Gasteiger partial charge in [-0.05, 0) is 42.9 Å². The molecule has 0 unspecified atom stereocenters. The van der Waals surface area contributed by atoms with Crippen molar-refractivity contribution in [3.05, 3.63) is 71.4 Å². The van der Waals surface area contributed by atoms with E-state index in [9.17, 15) is 14.7 Å². The Kier molecular flexibility index (Phi) is 5.51. The predicted molar refractivity (Wildman–Crippen MR) is 112 cm³/mol. The van der Waals surface area contributed by atoms with Gasteiger partial charge in [-0.25, -0.2) is 4.79 Å². The molecule has 0 spiro atoms. The normalized spacial score (nSPS) is 15.7. The van der Waals surface area contributed by atoms with Crippen molar-refractivity contribution in [3.63, 3.8) is 0 Å². The van der Waals surface area contributed by atoms with Crippen LogP contribution in [-0.4, -0.2) is 34.3 Å². The van der Waals surface area contributed by atoms with Crippen molar-refractivity contribution in [1.29, 1.82) is 0 Å². The highest BCUT2D eigenvalue weighted by Gasteiger charge is 2.26. The van der Waals surface area contributed by atoms with E-state index in [1.54, 1.807) is 0 Å². The zero-order valence-electron chi connectivity index (χ0n) is 16.2. The van der Waals surface area contributed by atoms with Gasteiger partial charge in [0.1, 0.15) is 6.54 Å². The summed E-state index contributed by atoms with van der Waals surface area (Å²) >= 11 is 0. The fourth-order valence-electron chi connectivity index (χ4n) is 4.24. The zero-order chi connectivity index (χ0) is 20.2. The third-order valence-electron chi connectivity index (χ3n) is 5.54. The van der Waals surface area contributed by atoms with Crippen molar-refractivity contribution in [2.45, 2.75) is 38.3 Å².